The Kier molecular flexibility index (Phi) is 3.74. The van der Waals surface area contributed by atoms with Gasteiger partial charge in [-0.3, -0.25) is 4.79 Å². The molecular formula is C22H36O3. The topological polar surface area (TPSA) is 38.8 Å². The van der Waals surface area contributed by atoms with Gasteiger partial charge < -0.3 is 9.47 Å². The Bertz CT molecular complexity index is 588. The summed E-state index contributed by atoms with van der Waals surface area (Å²) in [7, 11) is 0. The van der Waals surface area contributed by atoms with Gasteiger partial charge in [-0.05, 0) is 56.3 Å². The van der Waals surface area contributed by atoms with E-state index in [0.717, 1.165) is 0 Å². The van der Waals surface area contributed by atoms with Crippen LogP contribution in [0.4, 0.5) is 0 Å². The first-order chi connectivity index (χ1) is 11.6. The second-order valence-electron chi connectivity index (χ2n) is 10.6. The maximum absolute atomic E-state index is 11.4. The zero-order valence-electron chi connectivity index (χ0n) is 16.9. The third-order valence-electron chi connectivity index (χ3n) is 9.13. The summed E-state index contributed by atoms with van der Waals surface area (Å²) < 4.78 is 12.3. The van der Waals surface area contributed by atoms with Crippen molar-refractivity contribution in [3.05, 3.63) is 0 Å². The van der Waals surface area contributed by atoms with Gasteiger partial charge in [0.05, 0.1) is 12.2 Å². The molecule has 1 aliphatic heterocycles. The van der Waals surface area contributed by atoms with E-state index in [4.69, 9.17) is 9.47 Å². The summed E-state index contributed by atoms with van der Waals surface area (Å²) in [6.45, 7) is 11.8. The molecule has 3 aliphatic carbocycles. The van der Waals surface area contributed by atoms with E-state index < -0.39 is 0 Å². The number of esters is 1. The summed E-state index contributed by atoms with van der Waals surface area (Å²) in [5.74, 6) is 0.463. The normalized spacial score (nSPS) is 54.0. The lowest BCUT2D eigenvalue weighted by atomic mass is 9.43. The largest absolute Gasteiger partial charge is 0.465 e. The average molecular weight is 349 g/mol. The van der Waals surface area contributed by atoms with Gasteiger partial charge in [0.2, 0.25) is 0 Å². The van der Waals surface area contributed by atoms with Crippen LogP contribution in [0.5, 0.6) is 0 Å². The van der Waals surface area contributed by atoms with Crippen LogP contribution in [0, 0.1) is 22.2 Å². The highest BCUT2D eigenvalue weighted by Crippen LogP contribution is 2.78. The number of ether oxygens (including phenoxy) is 2. The fraction of sp³-hybridized carbons (Fsp3) is 0.955. The SMILES string of the molecule is CCC1(C)CCC23OC2(CCC2C(C)(COC(C)=O)CCCC23C)C1. The van der Waals surface area contributed by atoms with Gasteiger partial charge in [0.25, 0.3) is 0 Å². The molecule has 4 aliphatic rings. The minimum Gasteiger partial charge on any atom is -0.465 e. The molecule has 6 atom stereocenters. The Morgan fingerprint density at radius 1 is 1.12 bits per heavy atom. The van der Waals surface area contributed by atoms with Crippen molar-refractivity contribution in [3.63, 3.8) is 0 Å². The fourth-order valence-electron chi connectivity index (χ4n) is 7.53. The van der Waals surface area contributed by atoms with E-state index in [-0.39, 0.29) is 28.0 Å². The molecule has 142 valence electrons. The highest BCUT2D eigenvalue weighted by Gasteiger charge is 2.82. The monoisotopic (exact) mass is 348 g/mol. The Hall–Kier alpha value is -0.570. The van der Waals surface area contributed by atoms with Crippen LogP contribution < -0.4 is 0 Å². The van der Waals surface area contributed by atoms with Gasteiger partial charge >= 0.3 is 5.97 Å². The van der Waals surface area contributed by atoms with Crippen LogP contribution in [0.3, 0.4) is 0 Å². The number of epoxide rings is 1. The van der Waals surface area contributed by atoms with Crippen LogP contribution in [0.15, 0.2) is 0 Å². The predicted octanol–water partition coefficient (Wildman–Crippen LogP) is 5.26. The number of carbonyl (C=O) groups is 1. The summed E-state index contributed by atoms with van der Waals surface area (Å²) in [5.41, 5.74) is 1.07. The number of hydrogen-bond donors (Lipinski definition) is 0. The quantitative estimate of drug-likeness (QED) is 0.515. The Morgan fingerprint density at radius 3 is 2.56 bits per heavy atom. The summed E-state index contributed by atoms with van der Waals surface area (Å²) >= 11 is 0. The Morgan fingerprint density at radius 2 is 1.88 bits per heavy atom. The van der Waals surface area contributed by atoms with Crippen molar-refractivity contribution >= 4 is 5.97 Å². The zero-order chi connectivity index (χ0) is 18.1. The molecule has 0 radical (unpaired) electrons. The average Bonchev–Trinajstić information content (AvgIpc) is 3.23. The Labute approximate surface area is 153 Å². The zero-order valence-corrected chi connectivity index (χ0v) is 16.9. The fourth-order valence-corrected chi connectivity index (χ4v) is 7.53. The first kappa shape index (κ1) is 17.8. The number of carbonyl (C=O) groups excluding carboxylic acids is 1. The minimum atomic E-state index is -0.143. The van der Waals surface area contributed by atoms with Gasteiger partial charge in [0, 0.05) is 17.8 Å². The van der Waals surface area contributed by atoms with Crippen LogP contribution >= 0.6 is 0 Å². The summed E-state index contributed by atoms with van der Waals surface area (Å²) in [5, 5.41) is 0. The number of fused-ring (bicyclic) bond motifs is 1. The van der Waals surface area contributed by atoms with E-state index in [0.29, 0.717) is 17.9 Å². The van der Waals surface area contributed by atoms with Gasteiger partial charge in [-0.2, -0.15) is 0 Å². The van der Waals surface area contributed by atoms with E-state index in [1.54, 1.807) is 0 Å². The molecule has 0 amide bonds. The third kappa shape index (κ3) is 2.23. The number of hydrogen-bond acceptors (Lipinski definition) is 3. The highest BCUT2D eigenvalue weighted by molar-refractivity contribution is 5.65. The Balaban J connectivity index is 1.63. The summed E-state index contributed by atoms with van der Waals surface area (Å²) in [4.78, 5) is 11.4. The van der Waals surface area contributed by atoms with Crippen LogP contribution in [0.1, 0.15) is 92.4 Å². The molecule has 4 fully saturated rings. The van der Waals surface area contributed by atoms with Gasteiger partial charge in [-0.15, -0.1) is 0 Å². The van der Waals surface area contributed by atoms with E-state index in [1.807, 2.05) is 0 Å². The van der Waals surface area contributed by atoms with Crippen molar-refractivity contribution < 1.29 is 14.3 Å². The molecule has 1 heterocycles. The van der Waals surface area contributed by atoms with Crippen molar-refractivity contribution in [2.24, 2.45) is 22.2 Å². The van der Waals surface area contributed by atoms with Crippen LogP contribution in [0.2, 0.25) is 0 Å². The van der Waals surface area contributed by atoms with Gasteiger partial charge in [0.15, 0.2) is 0 Å². The lowest BCUT2D eigenvalue weighted by molar-refractivity contribution is -0.155. The first-order valence-electron chi connectivity index (χ1n) is 10.5. The molecule has 0 N–H and O–H groups in total. The van der Waals surface area contributed by atoms with Crippen molar-refractivity contribution in [1.29, 1.82) is 0 Å². The molecule has 0 bridgehead atoms. The molecule has 1 saturated heterocycles. The predicted molar refractivity (Wildman–Crippen MR) is 98.2 cm³/mol. The van der Waals surface area contributed by atoms with Crippen molar-refractivity contribution in [3.8, 4) is 0 Å². The van der Waals surface area contributed by atoms with Crippen molar-refractivity contribution in [1.82, 2.24) is 0 Å². The molecule has 0 spiro atoms. The van der Waals surface area contributed by atoms with E-state index >= 15 is 0 Å². The van der Waals surface area contributed by atoms with E-state index in [9.17, 15) is 4.79 Å². The molecule has 6 unspecified atom stereocenters. The molecular weight excluding hydrogens is 312 g/mol. The van der Waals surface area contributed by atoms with Crippen LogP contribution in [-0.2, 0) is 14.3 Å². The van der Waals surface area contributed by atoms with Crippen molar-refractivity contribution in [2.75, 3.05) is 6.61 Å². The molecule has 3 saturated carbocycles. The van der Waals surface area contributed by atoms with Gasteiger partial charge in [-0.1, -0.05) is 40.5 Å². The molecule has 0 aromatic heterocycles. The summed E-state index contributed by atoms with van der Waals surface area (Å²) in [6, 6.07) is 0. The summed E-state index contributed by atoms with van der Waals surface area (Å²) in [6.07, 6.45) is 11.2. The minimum absolute atomic E-state index is 0.107. The molecule has 3 heteroatoms. The maximum Gasteiger partial charge on any atom is 0.302 e. The molecule has 3 nitrogen and oxygen atoms in total. The first-order valence-corrected chi connectivity index (χ1v) is 10.5. The highest BCUT2D eigenvalue weighted by atomic mass is 16.6. The molecule has 25 heavy (non-hydrogen) atoms. The molecule has 0 aromatic rings. The molecule has 0 aromatic carbocycles. The van der Waals surface area contributed by atoms with Crippen molar-refractivity contribution in [2.45, 2.75) is 104 Å². The second kappa shape index (κ2) is 5.24. The maximum atomic E-state index is 11.4. The second-order valence-corrected chi connectivity index (χ2v) is 10.6. The lowest BCUT2D eigenvalue weighted by Crippen LogP contribution is -2.60. The smallest absolute Gasteiger partial charge is 0.302 e. The van der Waals surface area contributed by atoms with E-state index in [2.05, 4.69) is 27.7 Å². The lowest BCUT2D eigenvalue weighted by Gasteiger charge is -2.59. The van der Waals surface area contributed by atoms with Gasteiger partial charge in [-0.25, -0.2) is 0 Å². The van der Waals surface area contributed by atoms with Crippen LogP contribution in [-0.4, -0.2) is 23.8 Å². The number of rotatable bonds is 3. The van der Waals surface area contributed by atoms with E-state index in [1.165, 1.54) is 64.7 Å². The standard InChI is InChI=1S/C22H36O3/c1-6-18(3)12-13-22-20(5)10-7-9-19(4,15-24-16(2)23)17(20)8-11-21(22,14-18)25-22/h17H,6-15H2,1-5H3. The van der Waals surface area contributed by atoms with Gasteiger partial charge in [0.1, 0.15) is 5.60 Å². The van der Waals surface area contributed by atoms with Crippen LogP contribution in [0.25, 0.3) is 0 Å². The third-order valence-corrected chi connectivity index (χ3v) is 9.13. The molecule has 4 rings (SSSR count).